The molecule has 0 unspecified atom stereocenters. The van der Waals surface area contributed by atoms with Gasteiger partial charge in [-0.3, -0.25) is 9.69 Å². The molecule has 29 heavy (non-hydrogen) atoms. The number of nitrogens with one attached hydrogen (secondary N) is 1. The van der Waals surface area contributed by atoms with E-state index in [9.17, 15) is 13.2 Å². The number of carbonyl (C=O) groups is 1. The van der Waals surface area contributed by atoms with Crippen LogP contribution in [0.5, 0.6) is 0 Å². The predicted octanol–water partition coefficient (Wildman–Crippen LogP) is 3.40. The van der Waals surface area contributed by atoms with Crippen LogP contribution in [0.15, 0.2) is 47.4 Å². The van der Waals surface area contributed by atoms with Gasteiger partial charge in [-0.1, -0.05) is 44.2 Å². The van der Waals surface area contributed by atoms with E-state index in [2.05, 4.69) is 5.32 Å². The number of rotatable bonds is 9. The minimum atomic E-state index is -3.59. The molecule has 0 spiro atoms. The van der Waals surface area contributed by atoms with E-state index < -0.39 is 10.0 Å². The summed E-state index contributed by atoms with van der Waals surface area (Å²) in [6, 6.07) is 13.1. The van der Waals surface area contributed by atoms with Crippen molar-refractivity contribution >= 4 is 21.6 Å². The fourth-order valence-corrected chi connectivity index (χ4v) is 4.95. The van der Waals surface area contributed by atoms with Crippen molar-refractivity contribution in [1.82, 2.24) is 9.21 Å². The number of benzene rings is 2. The van der Waals surface area contributed by atoms with Crippen molar-refractivity contribution in [3.8, 4) is 0 Å². The van der Waals surface area contributed by atoms with Crippen LogP contribution in [-0.4, -0.2) is 50.2 Å². The molecule has 2 aromatic rings. The minimum Gasteiger partial charge on any atom is -0.325 e. The molecule has 2 aromatic carbocycles. The largest absolute Gasteiger partial charge is 0.325 e. The summed E-state index contributed by atoms with van der Waals surface area (Å²) < 4.78 is 27.2. The summed E-state index contributed by atoms with van der Waals surface area (Å²) >= 11 is 0. The van der Waals surface area contributed by atoms with Crippen LogP contribution >= 0.6 is 0 Å². The number of sulfonamides is 1. The standard InChI is InChI=1S/C22H31N3O3S/c1-6-25(7-2)29(27,28)21-14-20(13-12-18(21)4)23-22(26)16-24(5)15-19-11-9-8-10-17(19)3/h8-14H,6-7,15-16H2,1-5H3,(H,23,26). The van der Waals surface area contributed by atoms with Gasteiger partial charge in [-0.2, -0.15) is 4.31 Å². The van der Waals surface area contributed by atoms with Crippen LogP contribution in [0.2, 0.25) is 0 Å². The van der Waals surface area contributed by atoms with Crippen LogP contribution in [0.25, 0.3) is 0 Å². The van der Waals surface area contributed by atoms with Gasteiger partial charge >= 0.3 is 0 Å². The summed E-state index contributed by atoms with van der Waals surface area (Å²) in [6.07, 6.45) is 0. The van der Waals surface area contributed by atoms with Crippen LogP contribution in [0.1, 0.15) is 30.5 Å². The molecule has 2 rings (SSSR count). The Kier molecular flexibility index (Phi) is 7.96. The van der Waals surface area contributed by atoms with E-state index in [0.717, 1.165) is 0 Å². The van der Waals surface area contributed by atoms with Crippen LogP contribution < -0.4 is 5.32 Å². The highest BCUT2D eigenvalue weighted by Gasteiger charge is 2.24. The van der Waals surface area contributed by atoms with E-state index in [0.29, 0.717) is 30.9 Å². The van der Waals surface area contributed by atoms with Gasteiger partial charge in [-0.25, -0.2) is 8.42 Å². The molecule has 1 N–H and O–H groups in total. The van der Waals surface area contributed by atoms with E-state index in [4.69, 9.17) is 0 Å². The second-order valence-electron chi connectivity index (χ2n) is 7.22. The fraction of sp³-hybridized carbons (Fsp3) is 0.409. The van der Waals surface area contributed by atoms with Crippen LogP contribution in [0.3, 0.4) is 0 Å². The average Bonchev–Trinajstić information content (AvgIpc) is 2.65. The molecule has 0 atom stereocenters. The van der Waals surface area contributed by atoms with Gasteiger partial charge in [0.2, 0.25) is 15.9 Å². The second kappa shape index (κ2) is 10.0. The van der Waals surface area contributed by atoms with Gasteiger partial charge in [0, 0.05) is 25.3 Å². The molecule has 0 aliphatic carbocycles. The first-order valence-electron chi connectivity index (χ1n) is 9.82. The van der Waals surface area contributed by atoms with E-state index in [-0.39, 0.29) is 17.3 Å². The topological polar surface area (TPSA) is 69.7 Å². The molecular formula is C22H31N3O3S. The van der Waals surface area contributed by atoms with Gasteiger partial charge in [0.25, 0.3) is 0 Å². The summed E-state index contributed by atoms with van der Waals surface area (Å²) in [7, 11) is -1.70. The van der Waals surface area contributed by atoms with Gasteiger partial charge in [-0.05, 0) is 49.7 Å². The lowest BCUT2D eigenvalue weighted by Gasteiger charge is -2.21. The Balaban J connectivity index is 2.10. The number of amides is 1. The van der Waals surface area contributed by atoms with Gasteiger partial charge in [0.15, 0.2) is 0 Å². The first-order valence-corrected chi connectivity index (χ1v) is 11.3. The first-order chi connectivity index (χ1) is 13.7. The third kappa shape index (κ3) is 5.88. The number of hydrogen-bond acceptors (Lipinski definition) is 4. The van der Waals surface area contributed by atoms with E-state index in [1.54, 1.807) is 25.1 Å². The van der Waals surface area contributed by atoms with Gasteiger partial charge in [-0.15, -0.1) is 0 Å². The highest BCUT2D eigenvalue weighted by Crippen LogP contribution is 2.23. The Morgan fingerprint density at radius 2 is 1.66 bits per heavy atom. The fourth-order valence-electron chi connectivity index (χ4n) is 3.24. The normalized spacial score (nSPS) is 11.8. The quantitative estimate of drug-likeness (QED) is 0.679. The van der Waals surface area contributed by atoms with Crippen molar-refractivity contribution in [2.24, 2.45) is 0 Å². The molecule has 0 aromatic heterocycles. The molecule has 0 bridgehead atoms. The third-order valence-corrected chi connectivity index (χ3v) is 7.10. The zero-order valence-corrected chi connectivity index (χ0v) is 18.7. The molecule has 0 saturated carbocycles. The zero-order valence-electron chi connectivity index (χ0n) is 17.9. The molecule has 0 aliphatic rings. The summed E-state index contributed by atoms with van der Waals surface area (Å²) in [4.78, 5) is 14.6. The highest BCUT2D eigenvalue weighted by atomic mass is 32.2. The lowest BCUT2D eigenvalue weighted by Crippen LogP contribution is -2.31. The maximum Gasteiger partial charge on any atom is 0.243 e. The number of carbonyl (C=O) groups excluding carboxylic acids is 1. The molecule has 0 heterocycles. The maximum absolute atomic E-state index is 12.9. The summed E-state index contributed by atoms with van der Waals surface area (Å²) in [6.45, 7) is 9.11. The van der Waals surface area contributed by atoms with Crippen LogP contribution in [0, 0.1) is 13.8 Å². The van der Waals surface area contributed by atoms with E-state index in [1.165, 1.54) is 15.4 Å². The highest BCUT2D eigenvalue weighted by molar-refractivity contribution is 7.89. The number of anilines is 1. The van der Waals surface area contributed by atoms with Gasteiger partial charge < -0.3 is 5.32 Å². The average molecular weight is 418 g/mol. The Bertz CT molecular complexity index is 954. The minimum absolute atomic E-state index is 0.184. The second-order valence-corrected chi connectivity index (χ2v) is 9.12. The molecule has 158 valence electrons. The van der Waals surface area contributed by atoms with Crippen LogP contribution in [-0.2, 0) is 21.4 Å². The maximum atomic E-state index is 12.9. The third-order valence-electron chi connectivity index (χ3n) is 4.91. The van der Waals surface area contributed by atoms with Crippen LogP contribution in [0.4, 0.5) is 5.69 Å². The number of aryl methyl sites for hydroxylation is 2. The van der Waals surface area contributed by atoms with Crippen molar-refractivity contribution in [3.63, 3.8) is 0 Å². The molecule has 1 amide bonds. The molecule has 6 nitrogen and oxygen atoms in total. The van der Waals surface area contributed by atoms with Crippen molar-refractivity contribution in [3.05, 3.63) is 59.2 Å². The molecular weight excluding hydrogens is 386 g/mol. The summed E-state index contributed by atoms with van der Waals surface area (Å²) in [5.41, 5.74) is 3.50. The number of likely N-dealkylation sites (N-methyl/N-ethyl adjacent to an activating group) is 1. The smallest absolute Gasteiger partial charge is 0.243 e. The van der Waals surface area contributed by atoms with Crippen molar-refractivity contribution in [2.45, 2.75) is 39.1 Å². The lowest BCUT2D eigenvalue weighted by molar-refractivity contribution is -0.117. The molecule has 0 saturated heterocycles. The Labute approximate surface area is 174 Å². The lowest BCUT2D eigenvalue weighted by atomic mass is 10.1. The van der Waals surface area contributed by atoms with Crippen molar-refractivity contribution in [1.29, 1.82) is 0 Å². The molecule has 0 radical (unpaired) electrons. The van der Waals surface area contributed by atoms with E-state index >= 15 is 0 Å². The molecule has 7 heteroatoms. The number of nitrogens with zero attached hydrogens (tertiary/aromatic N) is 2. The SMILES string of the molecule is CCN(CC)S(=O)(=O)c1cc(NC(=O)CN(C)Cc2ccccc2C)ccc1C. The Morgan fingerprint density at radius 3 is 2.28 bits per heavy atom. The van der Waals surface area contributed by atoms with Gasteiger partial charge in [0.1, 0.15) is 0 Å². The summed E-state index contributed by atoms with van der Waals surface area (Å²) in [5, 5.41) is 2.82. The predicted molar refractivity (Wildman–Crippen MR) is 117 cm³/mol. The first kappa shape index (κ1) is 23.1. The van der Waals surface area contributed by atoms with Crippen molar-refractivity contribution in [2.75, 3.05) is 32.0 Å². The number of hydrogen-bond donors (Lipinski definition) is 1. The Morgan fingerprint density at radius 1 is 1.00 bits per heavy atom. The monoisotopic (exact) mass is 417 g/mol. The van der Waals surface area contributed by atoms with Gasteiger partial charge in [0.05, 0.1) is 11.4 Å². The van der Waals surface area contributed by atoms with Crippen molar-refractivity contribution < 1.29 is 13.2 Å². The Hall–Kier alpha value is -2.22. The molecule has 0 fully saturated rings. The zero-order chi connectivity index (χ0) is 21.6. The summed E-state index contributed by atoms with van der Waals surface area (Å²) in [5.74, 6) is -0.184. The van der Waals surface area contributed by atoms with E-state index in [1.807, 2.05) is 57.0 Å². The molecule has 0 aliphatic heterocycles.